The molecule has 1 heterocycles. The van der Waals surface area contributed by atoms with Crippen LogP contribution in [-0.2, 0) is 9.53 Å². The first kappa shape index (κ1) is 20.9. The van der Waals surface area contributed by atoms with Crippen molar-refractivity contribution in [3.8, 4) is 22.9 Å². The highest BCUT2D eigenvalue weighted by molar-refractivity contribution is 5.97. The van der Waals surface area contributed by atoms with Gasteiger partial charge in [0, 0.05) is 29.4 Å². The molecule has 4 aromatic rings. The van der Waals surface area contributed by atoms with Crippen molar-refractivity contribution in [1.29, 1.82) is 0 Å². The van der Waals surface area contributed by atoms with Gasteiger partial charge in [-0.05, 0) is 18.2 Å². The molecular formula is C24H21N3O5. The number of carbonyl (C=O) groups excluding carboxylic acids is 2. The van der Waals surface area contributed by atoms with Crippen LogP contribution in [0.3, 0.4) is 0 Å². The molecule has 32 heavy (non-hydrogen) atoms. The summed E-state index contributed by atoms with van der Waals surface area (Å²) in [5, 5.41) is 2.66. The third-order valence-electron chi connectivity index (χ3n) is 4.73. The number of esters is 1. The van der Waals surface area contributed by atoms with Gasteiger partial charge < -0.3 is 24.5 Å². The molecule has 0 saturated heterocycles. The predicted octanol–water partition coefficient (Wildman–Crippen LogP) is 4.04. The molecule has 162 valence electrons. The third-order valence-corrected chi connectivity index (χ3v) is 4.73. The quantitative estimate of drug-likeness (QED) is 0.428. The molecule has 1 aromatic heterocycles. The zero-order valence-electron chi connectivity index (χ0n) is 17.5. The van der Waals surface area contributed by atoms with E-state index in [1.165, 1.54) is 14.2 Å². The van der Waals surface area contributed by atoms with Gasteiger partial charge in [-0.25, -0.2) is 9.78 Å². The molecule has 0 unspecified atom stereocenters. The van der Waals surface area contributed by atoms with Gasteiger partial charge in [0.1, 0.15) is 17.3 Å². The summed E-state index contributed by atoms with van der Waals surface area (Å²) in [6, 6.07) is 19.6. The van der Waals surface area contributed by atoms with Crippen LogP contribution in [0.5, 0.6) is 11.5 Å². The Bertz CT molecular complexity index is 1250. The number of benzene rings is 3. The largest absolute Gasteiger partial charge is 0.497 e. The molecule has 0 aliphatic carbocycles. The van der Waals surface area contributed by atoms with Gasteiger partial charge in [-0.3, -0.25) is 4.79 Å². The molecule has 0 radical (unpaired) electrons. The molecule has 0 aliphatic rings. The fourth-order valence-electron chi connectivity index (χ4n) is 3.16. The van der Waals surface area contributed by atoms with Crippen LogP contribution in [0.25, 0.3) is 22.4 Å². The molecule has 0 bridgehead atoms. The normalized spacial score (nSPS) is 10.6. The van der Waals surface area contributed by atoms with Crippen LogP contribution in [0.1, 0.15) is 10.4 Å². The summed E-state index contributed by atoms with van der Waals surface area (Å²) in [5.74, 6) is 0.668. The Morgan fingerprint density at radius 2 is 1.66 bits per heavy atom. The Morgan fingerprint density at radius 1 is 0.938 bits per heavy atom. The fourth-order valence-corrected chi connectivity index (χ4v) is 3.16. The zero-order chi connectivity index (χ0) is 22.5. The van der Waals surface area contributed by atoms with Gasteiger partial charge in [-0.2, -0.15) is 0 Å². The van der Waals surface area contributed by atoms with E-state index < -0.39 is 18.5 Å². The summed E-state index contributed by atoms with van der Waals surface area (Å²) in [6.07, 6.45) is 0. The molecule has 2 N–H and O–H groups in total. The van der Waals surface area contributed by atoms with Crippen molar-refractivity contribution in [2.24, 2.45) is 0 Å². The van der Waals surface area contributed by atoms with Crippen molar-refractivity contribution in [2.75, 3.05) is 26.1 Å². The Kier molecular flexibility index (Phi) is 6.03. The minimum Gasteiger partial charge on any atom is -0.497 e. The highest BCUT2D eigenvalue weighted by atomic mass is 16.5. The number of nitrogens with one attached hydrogen (secondary N) is 2. The second-order valence-corrected chi connectivity index (χ2v) is 6.91. The van der Waals surface area contributed by atoms with Gasteiger partial charge in [0.2, 0.25) is 0 Å². The number of nitrogens with zero attached hydrogens (tertiary/aromatic N) is 1. The number of ether oxygens (including phenoxy) is 3. The van der Waals surface area contributed by atoms with Crippen LogP contribution < -0.4 is 14.8 Å². The lowest BCUT2D eigenvalue weighted by atomic mass is 10.2. The number of fused-ring (bicyclic) bond motifs is 1. The van der Waals surface area contributed by atoms with E-state index in [1.807, 2.05) is 30.3 Å². The summed E-state index contributed by atoms with van der Waals surface area (Å²) < 4.78 is 15.5. The number of hydrogen-bond acceptors (Lipinski definition) is 6. The maximum absolute atomic E-state index is 12.4. The van der Waals surface area contributed by atoms with Gasteiger partial charge in [0.25, 0.3) is 5.91 Å². The first-order valence-electron chi connectivity index (χ1n) is 9.81. The summed E-state index contributed by atoms with van der Waals surface area (Å²) in [4.78, 5) is 32.4. The number of aromatic nitrogens is 2. The summed E-state index contributed by atoms with van der Waals surface area (Å²) in [6.45, 7) is -0.436. The lowest BCUT2D eigenvalue weighted by Gasteiger charge is -2.10. The predicted molar refractivity (Wildman–Crippen MR) is 120 cm³/mol. The Morgan fingerprint density at radius 3 is 2.34 bits per heavy atom. The van der Waals surface area contributed by atoms with E-state index in [0.29, 0.717) is 34.1 Å². The van der Waals surface area contributed by atoms with E-state index in [2.05, 4.69) is 15.3 Å². The molecular weight excluding hydrogens is 410 g/mol. The van der Waals surface area contributed by atoms with Crippen LogP contribution in [0.15, 0.2) is 66.7 Å². The molecule has 1 amide bonds. The molecule has 0 saturated carbocycles. The fraction of sp³-hybridized carbons (Fsp3) is 0.125. The van der Waals surface area contributed by atoms with E-state index in [0.717, 1.165) is 11.1 Å². The summed E-state index contributed by atoms with van der Waals surface area (Å²) in [7, 11) is 3.03. The second-order valence-electron chi connectivity index (χ2n) is 6.91. The van der Waals surface area contributed by atoms with Gasteiger partial charge in [-0.15, -0.1) is 0 Å². The number of hydrogen-bond donors (Lipinski definition) is 2. The lowest BCUT2D eigenvalue weighted by molar-refractivity contribution is -0.119. The molecule has 0 fully saturated rings. The van der Waals surface area contributed by atoms with Crippen molar-refractivity contribution >= 4 is 28.6 Å². The first-order chi connectivity index (χ1) is 15.6. The van der Waals surface area contributed by atoms with E-state index in [1.54, 1.807) is 36.4 Å². The molecule has 0 spiro atoms. The first-order valence-corrected chi connectivity index (χ1v) is 9.81. The number of imidazole rings is 1. The topological polar surface area (TPSA) is 103 Å². The number of carbonyl (C=O) groups is 2. The second kappa shape index (κ2) is 9.22. The number of rotatable bonds is 7. The lowest BCUT2D eigenvalue weighted by Crippen LogP contribution is -2.21. The van der Waals surface area contributed by atoms with E-state index in [9.17, 15) is 9.59 Å². The summed E-state index contributed by atoms with van der Waals surface area (Å²) in [5.41, 5.74) is 3.15. The molecule has 8 nitrogen and oxygen atoms in total. The van der Waals surface area contributed by atoms with Crippen molar-refractivity contribution in [2.45, 2.75) is 0 Å². The number of H-pyrrole nitrogens is 1. The SMILES string of the molecule is COc1cc(NC(=O)COC(=O)c2ccc3nc(-c4ccccc4)[nH]c3c2)cc(OC)c1. The Hall–Kier alpha value is -4.33. The maximum atomic E-state index is 12.4. The highest BCUT2D eigenvalue weighted by Crippen LogP contribution is 2.26. The average Bonchev–Trinajstić information content (AvgIpc) is 3.26. The van der Waals surface area contributed by atoms with Crippen LogP contribution in [0.2, 0.25) is 0 Å². The van der Waals surface area contributed by atoms with Crippen LogP contribution >= 0.6 is 0 Å². The van der Waals surface area contributed by atoms with Gasteiger partial charge in [0.05, 0.1) is 30.8 Å². The number of anilines is 1. The van der Waals surface area contributed by atoms with Crippen molar-refractivity contribution in [3.05, 3.63) is 72.3 Å². The van der Waals surface area contributed by atoms with Crippen molar-refractivity contribution in [3.63, 3.8) is 0 Å². The van der Waals surface area contributed by atoms with Crippen LogP contribution in [0.4, 0.5) is 5.69 Å². The minimum absolute atomic E-state index is 0.316. The van der Waals surface area contributed by atoms with Crippen molar-refractivity contribution < 1.29 is 23.8 Å². The molecule has 4 rings (SSSR count). The van der Waals surface area contributed by atoms with Crippen molar-refractivity contribution in [1.82, 2.24) is 9.97 Å². The molecule has 0 atom stereocenters. The Labute approximate surface area is 184 Å². The Balaban J connectivity index is 1.41. The maximum Gasteiger partial charge on any atom is 0.338 e. The number of amides is 1. The highest BCUT2D eigenvalue weighted by Gasteiger charge is 2.14. The average molecular weight is 431 g/mol. The minimum atomic E-state index is -0.610. The summed E-state index contributed by atoms with van der Waals surface area (Å²) >= 11 is 0. The van der Waals surface area contributed by atoms with Gasteiger partial charge in [-0.1, -0.05) is 30.3 Å². The number of aromatic amines is 1. The van der Waals surface area contributed by atoms with E-state index in [-0.39, 0.29) is 0 Å². The monoisotopic (exact) mass is 431 g/mol. The number of methoxy groups -OCH3 is 2. The smallest absolute Gasteiger partial charge is 0.338 e. The van der Waals surface area contributed by atoms with Crippen LogP contribution in [0, 0.1) is 0 Å². The van der Waals surface area contributed by atoms with E-state index >= 15 is 0 Å². The molecule has 3 aromatic carbocycles. The molecule has 0 aliphatic heterocycles. The van der Waals surface area contributed by atoms with E-state index in [4.69, 9.17) is 14.2 Å². The molecule has 8 heteroatoms. The van der Waals surface area contributed by atoms with Crippen LogP contribution in [-0.4, -0.2) is 42.7 Å². The standard InChI is InChI=1S/C24H21N3O5/c1-30-18-11-17(12-19(13-18)31-2)25-22(28)14-32-24(29)16-8-9-20-21(10-16)27-23(26-20)15-6-4-3-5-7-15/h3-13H,14H2,1-2H3,(H,25,28)(H,26,27). The van der Waals surface area contributed by atoms with Gasteiger partial charge in [0.15, 0.2) is 6.61 Å². The van der Waals surface area contributed by atoms with Gasteiger partial charge >= 0.3 is 5.97 Å². The third kappa shape index (κ3) is 4.70. The zero-order valence-corrected chi connectivity index (χ0v) is 17.5.